The lowest BCUT2D eigenvalue weighted by Crippen LogP contribution is -2.35. The Morgan fingerprint density at radius 3 is 2.55 bits per heavy atom. The number of hydrogen-bond donors (Lipinski definition) is 2. The minimum Gasteiger partial charge on any atom is -0.354 e. The molecule has 1 aliphatic rings. The Morgan fingerprint density at radius 1 is 1.15 bits per heavy atom. The third kappa shape index (κ3) is 4.77. The normalized spacial score (nSPS) is 13.8. The fourth-order valence-corrected chi connectivity index (χ4v) is 2.45. The molecule has 0 atom stereocenters. The molecule has 1 aliphatic carbocycles. The topological polar surface area (TPSA) is 75.3 Å². The maximum absolute atomic E-state index is 11.7. The molecule has 6 heteroatoms. The summed E-state index contributed by atoms with van der Waals surface area (Å²) in [6.45, 7) is 0.852. The fourth-order valence-electron chi connectivity index (χ4n) is 1.75. The smallest absolute Gasteiger partial charge is 0.223 e. The molecule has 1 aromatic heterocycles. The van der Waals surface area contributed by atoms with Gasteiger partial charge in [0.05, 0.1) is 4.88 Å². The first kappa shape index (κ1) is 14.7. The third-order valence-electron chi connectivity index (χ3n) is 3.07. The Labute approximate surface area is 121 Å². The molecule has 108 valence electrons. The van der Waals surface area contributed by atoms with Gasteiger partial charge in [-0.05, 0) is 24.3 Å². The zero-order valence-corrected chi connectivity index (χ0v) is 12.0. The zero-order valence-electron chi connectivity index (χ0n) is 11.2. The highest BCUT2D eigenvalue weighted by Gasteiger charge is 2.28. The van der Waals surface area contributed by atoms with Gasteiger partial charge in [-0.3, -0.25) is 14.4 Å². The summed E-state index contributed by atoms with van der Waals surface area (Å²) >= 11 is 1.39. The molecule has 0 unspecified atom stereocenters. The molecular weight excluding hydrogens is 276 g/mol. The molecule has 5 nitrogen and oxygen atoms in total. The monoisotopic (exact) mass is 294 g/mol. The van der Waals surface area contributed by atoms with Crippen LogP contribution in [0.15, 0.2) is 17.5 Å². The van der Waals surface area contributed by atoms with Crippen LogP contribution in [0.3, 0.4) is 0 Å². The third-order valence-corrected chi connectivity index (χ3v) is 3.98. The van der Waals surface area contributed by atoms with Crippen molar-refractivity contribution in [3.05, 3.63) is 22.4 Å². The van der Waals surface area contributed by atoms with Crippen LogP contribution in [0.1, 0.15) is 35.4 Å². The number of hydrogen-bond acceptors (Lipinski definition) is 4. The summed E-state index contributed by atoms with van der Waals surface area (Å²) in [5, 5.41) is 7.31. The number of ketones is 1. The Hall–Kier alpha value is -1.69. The van der Waals surface area contributed by atoms with E-state index in [9.17, 15) is 14.4 Å². The van der Waals surface area contributed by atoms with Gasteiger partial charge in [-0.15, -0.1) is 11.3 Å². The van der Waals surface area contributed by atoms with E-state index in [1.54, 1.807) is 6.07 Å². The first-order valence-corrected chi connectivity index (χ1v) is 7.66. The van der Waals surface area contributed by atoms with Crippen molar-refractivity contribution < 1.29 is 14.4 Å². The van der Waals surface area contributed by atoms with Gasteiger partial charge in [-0.25, -0.2) is 0 Å². The molecule has 1 heterocycles. The first-order valence-electron chi connectivity index (χ1n) is 6.78. The highest BCUT2D eigenvalue weighted by molar-refractivity contribution is 7.12. The van der Waals surface area contributed by atoms with Crippen LogP contribution >= 0.6 is 11.3 Å². The van der Waals surface area contributed by atoms with Gasteiger partial charge in [0, 0.05) is 31.8 Å². The molecule has 0 spiro atoms. The van der Waals surface area contributed by atoms with Crippen molar-refractivity contribution in [2.45, 2.75) is 25.7 Å². The molecule has 1 fully saturated rings. The van der Waals surface area contributed by atoms with E-state index < -0.39 is 0 Å². The second kappa shape index (κ2) is 7.19. The van der Waals surface area contributed by atoms with Crippen molar-refractivity contribution in [3.63, 3.8) is 0 Å². The van der Waals surface area contributed by atoms with Crippen molar-refractivity contribution >= 4 is 28.9 Å². The van der Waals surface area contributed by atoms with Crippen molar-refractivity contribution in [2.75, 3.05) is 13.1 Å². The van der Waals surface area contributed by atoms with Crippen LogP contribution in [-0.2, 0) is 9.59 Å². The predicted octanol–water partition coefficient (Wildman–Crippen LogP) is 1.35. The van der Waals surface area contributed by atoms with E-state index in [1.807, 2.05) is 11.4 Å². The number of thiophene rings is 1. The highest BCUT2D eigenvalue weighted by atomic mass is 32.1. The molecule has 2 amide bonds. The molecule has 20 heavy (non-hydrogen) atoms. The minimum atomic E-state index is -0.157. The van der Waals surface area contributed by atoms with E-state index in [0.29, 0.717) is 18.0 Å². The Morgan fingerprint density at radius 2 is 1.90 bits per heavy atom. The number of amides is 2. The summed E-state index contributed by atoms with van der Waals surface area (Å²) in [5.74, 6) is 0.106. The molecule has 1 saturated carbocycles. The SMILES string of the molecule is O=C(CCC(=O)c1cccs1)NCCNC(=O)C1CC1. The van der Waals surface area contributed by atoms with Crippen LogP contribution in [0, 0.1) is 5.92 Å². The van der Waals surface area contributed by atoms with Crippen LogP contribution in [0.2, 0.25) is 0 Å². The number of Topliss-reactive ketones (excluding diaryl/α,β-unsaturated/α-hetero) is 1. The van der Waals surface area contributed by atoms with E-state index in [2.05, 4.69) is 10.6 Å². The van der Waals surface area contributed by atoms with Gasteiger partial charge in [0.15, 0.2) is 5.78 Å². The lowest BCUT2D eigenvalue weighted by molar-refractivity contribution is -0.123. The summed E-state index contributed by atoms with van der Waals surface area (Å²) in [4.78, 5) is 35.2. The zero-order chi connectivity index (χ0) is 14.4. The summed E-state index contributed by atoms with van der Waals surface area (Å²) in [6.07, 6.45) is 2.36. The van der Waals surface area contributed by atoms with Crippen LogP contribution in [0.25, 0.3) is 0 Å². The molecule has 0 radical (unpaired) electrons. The van der Waals surface area contributed by atoms with Gasteiger partial charge in [-0.2, -0.15) is 0 Å². The van der Waals surface area contributed by atoms with E-state index in [4.69, 9.17) is 0 Å². The maximum Gasteiger partial charge on any atom is 0.223 e. The van der Waals surface area contributed by atoms with Gasteiger partial charge in [0.25, 0.3) is 0 Å². The summed E-state index contributed by atoms with van der Waals surface area (Å²) in [5.41, 5.74) is 0. The first-order chi connectivity index (χ1) is 9.66. The number of rotatable bonds is 8. The van der Waals surface area contributed by atoms with Crippen LogP contribution in [0.5, 0.6) is 0 Å². The quantitative estimate of drug-likeness (QED) is 0.561. The second-order valence-electron chi connectivity index (χ2n) is 4.82. The standard InChI is InChI=1S/C14H18N2O3S/c17-11(12-2-1-9-20-12)5-6-13(18)15-7-8-16-14(19)10-3-4-10/h1-2,9-10H,3-8H2,(H,15,18)(H,16,19). The summed E-state index contributed by atoms with van der Waals surface area (Å²) in [7, 11) is 0. The molecule has 0 aliphatic heterocycles. The van der Waals surface area contributed by atoms with Gasteiger partial charge < -0.3 is 10.6 Å². The molecule has 2 N–H and O–H groups in total. The molecule has 1 aromatic rings. The lowest BCUT2D eigenvalue weighted by Gasteiger charge is -2.06. The number of nitrogens with one attached hydrogen (secondary N) is 2. The maximum atomic E-state index is 11.7. The number of carbonyl (C=O) groups is 3. The van der Waals surface area contributed by atoms with Crippen LogP contribution in [-0.4, -0.2) is 30.7 Å². The predicted molar refractivity (Wildman–Crippen MR) is 76.6 cm³/mol. The molecule has 2 rings (SSSR count). The Bertz CT molecular complexity index is 481. The molecule has 0 bridgehead atoms. The van der Waals surface area contributed by atoms with Gasteiger partial charge in [-0.1, -0.05) is 6.07 Å². The largest absolute Gasteiger partial charge is 0.354 e. The van der Waals surface area contributed by atoms with Crippen molar-refractivity contribution in [1.82, 2.24) is 10.6 Å². The highest BCUT2D eigenvalue weighted by Crippen LogP contribution is 2.28. The van der Waals surface area contributed by atoms with E-state index in [0.717, 1.165) is 12.8 Å². The average molecular weight is 294 g/mol. The van der Waals surface area contributed by atoms with Gasteiger partial charge in [0.1, 0.15) is 0 Å². The van der Waals surface area contributed by atoms with Gasteiger partial charge in [0.2, 0.25) is 11.8 Å². The molecule has 0 aromatic carbocycles. The van der Waals surface area contributed by atoms with Gasteiger partial charge >= 0.3 is 0 Å². The van der Waals surface area contributed by atoms with E-state index >= 15 is 0 Å². The summed E-state index contributed by atoms with van der Waals surface area (Å²) < 4.78 is 0. The van der Waals surface area contributed by atoms with E-state index in [-0.39, 0.29) is 36.4 Å². The molecule has 0 saturated heterocycles. The van der Waals surface area contributed by atoms with Crippen molar-refractivity contribution in [3.8, 4) is 0 Å². The average Bonchev–Trinajstić information content (AvgIpc) is 3.15. The Kier molecular flexibility index (Phi) is 5.29. The molecular formula is C14H18N2O3S. The van der Waals surface area contributed by atoms with Crippen LogP contribution in [0.4, 0.5) is 0 Å². The van der Waals surface area contributed by atoms with E-state index in [1.165, 1.54) is 11.3 Å². The summed E-state index contributed by atoms with van der Waals surface area (Å²) in [6, 6.07) is 3.58. The lowest BCUT2D eigenvalue weighted by atomic mass is 10.2. The minimum absolute atomic E-state index is 0.00261. The second-order valence-corrected chi connectivity index (χ2v) is 5.76. The van der Waals surface area contributed by atoms with Crippen molar-refractivity contribution in [2.24, 2.45) is 5.92 Å². The van der Waals surface area contributed by atoms with Crippen LogP contribution < -0.4 is 10.6 Å². The van der Waals surface area contributed by atoms with Crippen molar-refractivity contribution in [1.29, 1.82) is 0 Å². The fraction of sp³-hybridized carbons (Fsp3) is 0.500. The number of carbonyl (C=O) groups excluding carboxylic acids is 3. The Balaban J connectivity index is 1.54.